The fourth-order valence-corrected chi connectivity index (χ4v) is 4.06. The molecule has 0 amide bonds. The first-order chi connectivity index (χ1) is 9.25. The summed E-state index contributed by atoms with van der Waals surface area (Å²) in [5.41, 5.74) is 1.42. The topological polar surface area (TPSA) is 24.9 Å². The lowest BCUT2D eigenvalue weighted by atomic mass is 9.87. The van der Waals surface area contributed by atoms with Crippen LogP contribution >= 0.6 is 11.3 Å². The van der Waals surface area contributed by atoms with Gasteiger partial charge in [0, 0.05) is 16.8 Å². The van der Waals surface area contributed by atoms with Gasteiger partial charge in [-0.15, -0.1) is 11.3 Å². The first-order valence-corrected chi connectivity index (χ1v) is 8.87. The molecule has 1 rings (SSSR count). The number of aromatic nitrogens is 1. The third-order valence-electron chi connectivity index (χ3n) is 3.60. The number of nitrogens with one attached hydrogen (secondary N) is 1. The molecule has 116 valence electrons. The molecule has 0 saturated heterocycles. The lowest BCUT2D eigenvalue weighted by molar-refractivity contribution is 0.256. The average molecular weight is 297 g/mol. The molecule has 0 unspecified atom stereocenters. The van der Waals surface area contributed by atoms with Crippen molar-refractivity contribution in [2.45, 2.75) is 91.1 Å². The molecule has 1 aromatic rings. The maximum absolute atomic E-state index is 5.00. The van der Waals surface area contributed by atoms with E-state index in [1.807, 2.05) is 11.3 Å². The van der Waals surface area contributed by atoms with Gasteiger partial charge in [-0.3, -0.25) is 0 Å². The van der Waals surface area contributed by atoms with Gasteiger partial charge in [-0.2, -0.15) is 0 Å². The number of rotatable bonds is 7. The average Bonchev–Trinajstić information content (AvgIpc) is 2.77. The van der Waals surface area contributed by atoms with Crippen LogP contribution in [-0.4, -0.2) is 11.0 Å². The van der Waals surface area contributed by atoms with Gasteiger partial charge in [-0.1, -0.05) is 47.5 Å². The molecule has 1 aromatic heterocycles. The van der Waals surface area contributed by atoms with Crippen molar-refractivity contribution in [1.29, 1.82) is 0 Å². The summed E-state index contributed by atoms with van der Waals surface area (Å²) in [6, 6.07) is 0.482. The molecule has 0 radical (unpaired) electrons. The largest absolute Gasteiger partial charge is 0.303 e. The van der Waals surface area contributed by atoms with Crippen LogP contribution in [0, 0.1) is 0 Å². The SMILES string of the molecule is CCCC(CCC)(NC(C)C)c1nc(C(C)(C)C)cs1. The van der Waals surface area contributed by atoms with E-state index >= 15 is 0 Å². The summed E-state index contributed by atoms with van der Waals surface area (Å²) < 4.78 is 0. The molecule has 20 heavy (non-hydrogen) atoms. The van der Waals surface area contributed by atoms with Gasteiger partial charge in [-0.25, -0.2) is 4.98 Å². The lowest BCUT2D eigenvalue weighted by Crippen LogP contribution is -2.46. The minimum Gasteiger partial charge on any atom is -0.303 e. The summed E-state index contributed by atoms with van der Waals surface area (Å²) in [4.78, 5) is 5.00. The number of thiazole rings is 1. The Kier molecular flexibility index (Phi) is 6.21. The van der Waals surface area contributed by atoms with Crippen LogP contribution in [0.5, 0.6) is 0 Å². The summed E-state index contributed by atoms with van der Waals surface area (Å²) in [5, 5.41) is 7.35. The number of hydrogen-bond acceptors (Lipinski definition) is 3. The zero-order valence-electron chi connectivity index (χ0n) is 14.3. The zero-order valence-corrected chi connectivity index (χ0v) is 15.2. The van der Waals surface area contributed by atoms with Gasteiger partial charge >= 0.3 is 0 Å². The molecule has 1 N–H and O–H groups in total. The van der Waals surface area contributed by atoms with Crippen molar-refractivity contribution in [3.05, 3.63) is 16.1 Å². The van der Waals surface area contributed by atoms with Crippen LogP contribution in [0.25, 0.3) is 0 Å². The van der Waals surface area contributed by atoms with E-state index in [-0.39, 0.29) is 11.0 Å². The predicted octanol–water partition coefficient (Wildman–Crippen LogP) is 5.23. The molecule has 0 aromatic carbocycles. The first kappa shape index (κ1) is 17.6. The van der Waals surface area contributed by atoms with Crippen LogP contribution in [0.4, 0.5) is 0 Å². The van der Waals surface area contributed by atoms with E-state index in [4.69, 9.17) is 4.98 Å². The van der Waals surface area contributed by atoms with E-state index < -0.39 is 0 Å². The van der Waals surface area contributed by atoms with Gasteiger partial charge in [0.05, 0.1) is 11.2 Å². The molecule has 2 nitrogen and oxygen atoms in total. The lowest BCUT2D eigenvalue weighted by Gasteiger charge is -2.35. The van der Waals surface area contributed by atoms with Crippen LogP contribution in [0.1, 0.15) is 84.9 Å². The van der Waals surface area contributed by atoms with E-state index in [2.05, 4.69) is 59.2 Å². The van der Waals surface area contributed by atoms with Crippen molar-refractivity contribution in [2.75, 3.05) is 0 Å². The highest BCUT2D eigenvalue weighted by Crippen LogP contribution is 2.36. The van der Waals surface area contributed by atoms with Crippen LogP contribution in [0.15, 0.2) is 5.38 Å². The highest BCUT2D eigenvalue weighted by molar-refractivity contribution is 7.09. The monoisotopic (exact) mass is 296 g/mol. The standard InChI is InChI=1S/C17H32N2S/c1-8-10-17(11-9-2,19-13(3)4)15-18-14(12-20-15)16(5,6)7/h12-13,19H,8-11H2,1-7H3. The molecule has 0 aliphatic rings. The highest BCUT2D eigenvalue weighted by atomic mass is 32.1. The van der Waals surface area contributed by atoms with Crippen LogP contribution in [-0.2, 0) is 11.0 Å². The second kappa shape index (κ2) is 7.04. The Labute approximate surface area is 129 Å². The number of nitrogens with zero attached hydrogens (tertiary/aromatic N) is 1. The Morgan fingerprint density at radius 2 is 1.70 bits per heavy atom. The minimum absolute atomic E-state index is 0.0613. The Morgan fingerprint density at radius 1 is 1.15 bits per heavy atom. The fraction of sp³-hybridized carbons (Fsp3) is 0.824. The molecule has 0 atom stereocenters. The van der Waals surface area contributed by atoms with Crippen LogP contribution < -0.4 is 5.32 Å². The maximum atomic E-state index is 5.00. The van der Waals surface area contributed by atoms with Crippen molar-refractivity contribution < 1.29 is 0 Å². The van der Waals surface area contributed by atoms with Gasteiger partial charge in [0.15, 0.2) is 0 Å². The van der Waals surface area contributed by atoms with E-state index in [1.165, 1.54) is 23.5 Å². The molecule has 0 bridgehead atoms. The van der Waals surface area contributed by atoms with Crippen molar-refractivity contribution >= 4 is 11.3 Å². The summed E-state index contributed by atoms with van der Waals surface area (Å²) in [6.45, 7) is 15.7. The van der Waals surface area contributed by atoms with Gasteiger partial charge in [0.2, 0.25) is 0 Å². The van der Waals surface area contributed by atoms with Crippen molar-refractivity contribution in [1.82, 2.24) is 10.3 Å². The van der Waals surface area contributed by atoms with Crippen molar-refractivity contribution in [3.63, 3.8) is 0 Å². The van der Waals surface area contributed by atoms with Crippen molar-refractivity contribution in [3.8, 4) is 0 Å². The Bertz CT molecular complexity index is 395. The smallest absolute Gasteiger partial charge is 0.113 e. The van der Waals surface area contributed by atoms with Gasteiger partial charge < -0.3 is 5.32 Å². The van der Waals surface area contributed by atoms with Crippen LogP contribution in [0.2, 0.25) is 0 Å². The highest BCUT2D eigenvalue weighted by Gasteiger charge is 2.34. The Morgan fingerprint density at radius 3 is 2.05 bits per heavy atom. The molecule has 0 fully saturated rings. The minimum atomic E-state index is 0.0613. The quantitative estimate of drug-likeness (QED) is 0.745. The molecule has 0 saturated carbocycles. The second-order valence-corrected chi connectivity index (χ2v) is 8.03. The molecule has 1 heterocycles. The summed E-state index contributed by atoms with van der Waals surface area (Å²) >= 11 is 1.83. The number of hydrogen-bond donors (Lipinski definition) is 1. The Hall–Kier alpha value is -0.410. The van der Waals surface area contributed by atoms with Gasteiger partial charge in [0.1, 0.15) is 5.01 Å². The summed E-state index contributed by atoms with van der Waals surface area (Å²) in [5.74, 6) is 0. The van der Waals surface area contributed by atoms with Gasteiger partial charge in [-0.05, 0) is 26.7 Å². The molecular formula is C17H32N2S. The first-order valence-electron chi connectivity index (χ1n) is 7.99. The third-order valence-corrected chi connectivity index (χ3v) is 4.65. The van der Waals surface area contributed by atoms with Gasteiger partial charge in [0.25, 0.3) is 0 Å². The molecule has 3 heteroatoms. The summed E-state index contributed by atoms with van der Waals surface area (Å²) in [7, 11) is 0. The predicted molar refractivity (Wildman–Crippen MR) is 90.6 cm³/mol. The fourth-order valence-electron chi connectivity index (χ4n) is 2.79. The van der Waals surface area contributed by atoms with E-state index in [9.17, 15) is 0 Å². The van der Waals surface area contributed by atoms with E-state index in [1.54, 1.807) is 0 Å². The summed E-state index contributed by atoms with van der Waals surface area (Å²) in [6.07, 6.45) is 4.69. The van der Waals surface area contributed by atoms with E-state index in [0.717, 1.165) is 12.8 Å². The Balaban J connectivity index is 3.17. The van der Waals surface area contributed by atoms with Crippen LogP contribution in [0.3, 0.4) is 0 Å². The molecular weight excluding hydrogens is 264 g/mol. The molecule has 0 aliphatic heterocycles. The van der Waals surface area contributed by atoms with Crippen molar-refractivity contribution in [2.24, 2.45) is 0 Å². The second-order valence-electron chi connectivity index (χ2n) is 7.17. The molecule has 0 aliphatic carbocycles. The van der Waals surface area contributed by atoms with E-state index in [0.29, 0.717) is 6.04 Å². The normalized spacial score (nSPS) is 13.2. The third kappa shape index (κ3) is 4.29. The molecule has 0 spiro atoms. The zero-order chi connectivity index (χ0) is 15.4. The maximum Gasteiger partial charge on any atom is 0.113 e.